The van der Waals surface area contributed by atoms with Gasteiger partial charge in [-0.2, -0.15) is 0 Å². The molecule has 2 rings (SSSR count). The molecule has 23 heavy (non-hydrogen) atoms. The molecular weight excluding hydrogens is 288 g/mol. The van der Waals surface area contributed by atoms with E-state index in [0.717, 1.165) is 35.4 Å². The topological polar surface area (TPSA) is 64.3 Å². The minimum absolute atomic E-state index is 0.151. The van der Waals surface area contributed by atoms with E-state index in [9.17, 15) is 4.79 Å². The summed E-state index contributed by atoms with van der Waals surface area (Å²) in [5, 5.41) is 2.97. The number of aryl methyl sites for hydroxylation is 2. The third kappa shape index (κ3) is 4.49. The number of unbranched alkanes of at least 4 members (excludes halogenated alkanes) is 1. The maximum atomic E-state index is 12.5. The normalized spacial score (nSPS) is 10.4. The number of benzene rings is 2. The van der Waals surface area contributed by atoms with E-state index in [1.165, 1.54) is 0 Å². The van der Waals surface area contributed by atoms with Crippen molar-refractivity contribution >= 4 is 17.3 Å². The van der Waals surface area contributed by atoms with Crippen LogP contribution in [-0.2, 0) is 0 Å². The lowest BCUT2D eigenvalue weighted by molar-refractivity contribution is 0.102. The minimum Gasteiger partial charge on any atom is -0.494 e. The summed E-state index contributed by atoms with van der Waals surface area (Å²) in [6.45, 7) is 6.65. The second-order valence-electron chi connectivity index (χ2n) is 5.71. The molecule has 0 atom stereocenters. The molecule has 0 spiro atoms. The molecule has 0 aliphatic heterocycles. The van der Waals surface area contributed by atoms with Gasteiger partial charge in [-0.25, -0.2) is 0 Å². The van der Waals surface area contributed by atoms with E-state index in [-0.39, 0.29) is 5.91 Å². The van der Waals surface area contributed by atoms with Crippen LogP contribution in [0.4, 0.5) is 11.4 Å². The molecule has 0 fully saturated rings. The summed E-state index contributed by atoms with van der Waals surface area (Å²) in [6.07, 6.45) is 2.08. The molecule has 0 unspecified atom stereocenters. The van der Waals surface area contributed by atoms with Gasteiger partial charge in [0.2, 0.25) is 0 Å². The van der Waals surface area contributed by atoms with Crippen molar-refractivity contribution < 1.29 is 9.53 Å². The number of nitrogen functional groups attached to an aromatic ring is 1. The van der Waals surface area contributed by atoms with Crippen molar-refractivity contribution in [3.05, 3.63) is 53.1 Å². The van der Waals surface area contributed by atoms with Crippen molar-refractivity contribution in [1.29, 1.82) is 0 Å². The van der Waals surface area contributed by atoms with Crippen LogP contribution in [-0.4, -0.2) is 12.5 Å². The lowest BCUT2D eigenvalue weighted by Crippen LogP contribution is -2.14. The van der Waals surface area contributed by atoms with Gasteiger partial charge in [0.1, 0.15) is 5.75 Å². The van der Waals surface area contributed by atoms with Gasteiger partial charge in [-0.05, 0) is 61.7 Å². The van der Waals surface area contributed by atoms with Gasteiger partial charge < -0.3 is 15.8 Å². The number of ether oxygens (including phenoxy) is 1. The number of rotatable bonds is 6. The second-order valence-corrected chi connectivity index (χ2v) is 5.71. The predicted octanol–water partition coefficient (Wildman–Crippen LogP) is 4.32. The maximum Gasteiger partial charge on any atom is 0.255 e. The molecular formula is C19H24N2O2. The Labute approximate surface area is 137 Å². The van der Waals surface area contributed by atoms with Gasteiger partial charge in [-0.1, -0.05) is 19.4 Å². The van der Waals surface area contributed by atoms with E-state index in [1.54, 1.807) is 12.1 Å². The van der Waals surface area contributed by atoms with E-state index < -0.39 is 0 Å². The Bertz CT molecular complexity index is 673. The lowest BCUT2D eigenvalue weighted by atomic mass is 10.1. The van der Waals surface area contributed by atoms with E-state index in [1.807, 2.05) is 38.1 Å². The third-order valence-corrected chi connectivity index (χ3v) is 3.66. The van der Waals surface area contributed by atoms with Crippen molar-refractivity contribution in [2.45, 2.75) is 33.6 Å². The highest BCUT2D eigenvalue weighted by Gasteiger charge is 2.11. The van der Waals surface area contributed by atoms with Crippen LogP contribution in [0.1, 0.15) is 41.3 Å². The van der Waals surface area contributed by atoms with Crippen molar-refractivity contribution in [2.24, 2.45) is 0 Å². The Morgan fingerprint density at radius 1 is 1.17 bits per heavy atom. The molecule has 4 nitrogen and oxygen atoms in total. The Hall–Kier alpha value is -2.49. The van der Waals surface area contributed by atoms with Crippen molar-refractivity contribution in [1.82, 2.24) is 0 Å². The Balaban J connectivity index is 2.13. The fourth-order valence-corrected chi connectivity index (χ4v) is 2.44. The molecule has 0 heterocycles. The molecule has 0 radical (unpaired) electrons. The number of carbonyl (C=O) groups is 1. The first-order valence-electron chi connectivity index (χ1n) is 7.92. The van der Waals surface area contributed by atoms with Crippen LogP contribution >= 0.6 is 0 Å². The number of anilines is 2. The number of hydrogen-bond acceptors (Lipinski definition) is 3. The fraction of sp³-hybridized carbons (Fsp3) is 0.316. The number of nitrogens with two attached hydrogens (primary N) is 1. The number of carbonyl (C=O) groups excluding carboxylic acids is 1. The zero-order valence-corrected chi connectivity index (χ0v) is 14.0. The number of amides is 1. The predicted molar refractivity (Wildman–Crippen MR) is 95.1 cm³/mol. The van der Waals surface area contributed by atoms with Gasteiger partial charge in [0.05, 0.1) is 6.61 Å². The highest BCUT2D eigenvalue weighted by atomic mass is 16.5. The second kappa shape index (κ2) is 7.68. The van der Waals surface area contributed by atoms with Crippen LogP contribution in [0.25, 0.3) is 0 Å². The SMILES string of the molecule is CCCCOc1cccc(C(=O)Nc2c(C)cc(N)cc2C)c1. The Kier molecular flexibility index (Phi) is 5.63. The maximum absolute atomic E-state index is 12.5. The van der Waals surface area contributed by atoms with Gasteiger partial charge in [0.25, 0.3) is 5.91 Å². The van der Waals surface area contributed by atoms with Crippen molar-refractivity contribution in [2.75, 3.05) is 17.7 Å². The van der Waals surface area contributed by atoms with E-state index in [2.05, 4.69) is 12.2 Å². The highest BCUT2D eigenvalue weighted by Crippen LogP contribution is 2.24. The third-order valence-electron chi connectivity index (χ3n) is 3.66. The van der Waals surface area contributed by atoms with Gasteiger partial charge in [0, 0.05) is 16.9 Å². The minimum atomic E-state index is -0.151. The smallest absolute Gasteiger partial charge is 0.255 e. The summed E-state index contributed by atoms with van der Waals surface area (Å²) in [7, 11) is 0. The van der Waals surface area contributed by atoms with Gasteiger partial charge in [-0.15, -0.1) is 0 Å². The molecule has 0 saturated carbocycles. The summed E-state index contributed by atoms with van der Waals surface area (Å²) in [5.41, 5.74) is 9.80. The number of nitrogens with one attached hydrogen (secondary N) is 1. The molecule has 122 valence electrons. The van der Waals surface area contributed by atoms with E-state index in [0.29, 0.717) is 17.9 Å². The first kappa shape index (κ1) is 16.9. The molecule has 0 aliphatic rings. The Morgan fingerprint density at radius 2 is 1.87 bits per heavy atom. The highest BCUT2D eigenvalue weighted by molar-refractivity contribution is 6.05. The largest absolute Gasteiger partial charge is 0.494 e. The first-order chi connectivity index (χ1) is 11.0. The average molecular weight is 312 g/mol. The molecule has 4 heteroatoms. The van der Waals surface area contributed by atoms with Crippen LogP contribution in [0.3, 0.4) is 0 Å². The van der Waals surface area contributed by atoms with Crippen LogP contribution in [0, 0.1) is 13.8 Å². The summed E-state index contributed by atoms with van der Waals surface area (Å²) < 4.78 is 5.65. The van der Waals surface area contributed by atoms with Gasteiger partial charge in [0.15, 0.2) is 0 Å². The molecule has 2 aromatic carbocycles. The van der Waals surface area contributed by atoms with Crippen LogP contribution in [0.15, 0.2) is 36.4 Å². The lowest BCUT2D eigenvalue weighted by Gasteiger charge is -2.13. The van der Waals surface area contributed by atoms with E-state index >= 15 is 0 Å². The first-order valence-corrected chi connectivity index (χ1v) is 7.92. The molecule has 3 N–H and O–H groups in total. The van der Waals surface area contributed by atoms with Crippen LogP contribution in [0.2, 0.25) is 0 Å². The van der Waals surface area contributed by atoms with Crippen molar-refractivity contribution in [3.63, 3.8) is 0 Å². The summed E-state index contributed by atoms with van der Waals surface area (Å²) in [5.74, 6) is 0.568. The number of hydrogen-bond donors (Lipinski definition) is 2. The van der Waals surface area contributed by atoms with Crippen LogP contribution in [0.5, 0.6) is 5.75 Å². The standard InChI is InChI=1S/C19H24N2O2/c1-4-5-9-23-17-8-6-7-15(12-17)19(22)21-18-13(2)10-16(20)11-14(18)3/h6-8,10-12H,4-5,9,20H2,1-3H3,(H,21,22). The van der Waals surface area contributed by atoms with Gasteiger partial charge >= 0.3 is 0 Å². The summed E-state index contributed by atoms with van der Waals surface area (Å²) in [6, 6.07) is 11.0. The van der Waals surface area contributed by atoms with Crippen LogP contribution < -0.4 is 15.8 Å². The van der Waals surface area contributed by atoms with Gasteiger partial charge in [-0.3, -0.25) is 4.79 Å². The molecule has 0 bridgehead atoms. The molecule has 0 aromatic heterocycles. The monoisotopic (exact) mass is 312 g/mol. The summed E-state index contributed by atoms with van der Waals surface area (Å²) in [4.78, 5) is 12.5. The average Bonchev–Trinajstić information content (AvgIpc) is 2.51. The summed E-state index contributed by atoms with van der Waals surface area (Å²) >= 11 is 0. The molecule has 0 aliphatic carbocycles. The molecule has 0 saturated heterocycles. The molecule has 1 amide bonds. The fourth-order valence-electron chi connectivity index (χ4n) is 2.44. The molecule has 2 aromatic rings. The zero-order valence-electron chi connectivity index (χ0n) is 14.0. The Morgan fingerprint density at radius 3 is 2.52 bits per heavy atom. The van der Waals surface area contributed by atoms with Crippen molar-refractivity contribution in [3.8, 4) is 5.75 Å². The van der Waals surface area contributed by atoms with E-state index in [4.69, 9.17) is 10.5 Å². The zero-order chi connectivity index (χ0) is 16.8. The quantitative estimate of drug-likeness (QED) is 0.617.